The number of halogens is 1. The number of hydrogen-bond acceptors (Lipinski definition) is 3. The van der Waals surface area contributed by atoms with E-state index in [1.165, 1.54) is 24.3 Å². The number of urea groups is 1. The third-order valence-corrected chi connectivity index (χ3v) is 5.27. The number of benzene rings is 3. The molecule has 0 aromatic heterocycles. The third kappa shape index (κ3) is 4.69. The zero-order valence-electron chi connectivity index (χ0n) is 14.4. The van der Waals surface area contributed by atoms with Gasteiger partial charge in [0.1, 0.15) is 0 Å². The number of para-hydroxylation sites is 4. The summed E-state index contributed by atoms with van der Waals surface area (Å²) in [7, 11) is -4.64. The number of rotatable bonds is 5. The van der Waals surface area contributed by atoms with Gasteiger partial charge >= 0.3 is 16.3 Å². The molecule has 3 aromatic carbocycles. The van der Waals surface area contributed by atoms with E-state index in [1.54, 1.807) is 48.5 Å². The Morgan fingerprint density at radius 3 is 2.00 bits per heavy atom. The Hall–Kier alpha value is -2.88. The van der Waals surface area contributed by atoms with E-state index >= 15 is 0 Å². The van der Waals surface area contributed by atoms with E-state index in [9.17, 15) is 17.8 Å². The average Bonchev–Trinajstić information content (AvgIpc) is 2.65. The predicted octanol–water partition coefficient (Wildman–Crippen LogP) is 5.03. The Balaban J connectivity index is 1.94. The van der Waals surface area contributed by atoms with Gasteiger partial charge in [0.25, 0.3) is 0 Å². The van der Waals surface area contributed by atoms with Crippen molar-refractivity contribution in [3.05, 3.63) is 83.3 Å². The summed E-state index contributed by atoms with van der Waals surface area (Å²) in [6.07, 6.45) is 0. The number of carbonyl (C=O) groups is 1. The molecule has 0 spiro atoms. The van der Waals surface area contributed by atoms with Gasteiger partial charge in [0, 0.05) is 4.47 Å². The minimum Gasteiger partial charge on any atom is -0.307 e. The van der Waals surface area contributed by atoms with E-state index in [0.29, 0.717) is 10.2 Å². The first-order valence-corrected chi connectivity index (χ1v) is 10.3. The molecule has 0 atom stereocenters. The van der Waals surface area contributed by atoms with E-state index < -0.39 is 16.3 Å². The van der Waals surface area contributed by atoms with E-state index in [4.69, 9.17) is 0 Å². The molecule has 3 rings (SSSR count). The first-order valence-electron chi connectivity index (χ1n) is 8.10. The number of anilines is 4. The SMILES string of the molecule is O=C(Nc1ccccc1Br)Nc1ccccc1N(c1ccccc1)S(=O)(=O)O. The van der Waals surface area contributed by atoms with Gasteiger partial charge in [-0.1, -0.05) is 42.5 Å². The maximum atomic E-state index is 12.4. The molecule has 0 unspecified atom stereocenters. The molecule has 0 bridgehead atoms. The maximum Gasteiger partial charge on any atom is 0.364 e. The Morgan fingerprint density at radius 2 is 1.36 bits per heavy atom. The lowest BCUT2D eigenvalue weighted by Crippen LogP contribution is -2.27. The zero-order chi connectivity index (χ0) is 20.1. The highest BCUT2D eigenvalue weighted by Crippen LogP contribution is 2.34. The minimum atomic E-state index is -4.64. The highest BCUT2D eigenvalue weighted by Gasteiger charge is 2.24. The molecule has 0 aliphatic carbocycles. The second kappa shape index (κ2) is 8.42. The monoisotopic (exact) mass is 461 g/mol. The van der Waals surface area contributed by atoms with Gasteiger partial charge in [-0.05, 0) is 52.3 Å². The van der Waals surface area contributed by atoms with E-state index in [1.807, 2.05) is 6.07 Å². The van der Waals surface area contributed by atoms with Crippen LogP contribution < -0.4 is 14.9 Å². The van der Waals surface area contributed by atoms with Crippen molar-refractivity contribution in [3.63, 3.8) is 0 Å². The Bertz CT molecular complexity index is 1090. The molecule has 0 saturated carbocycles. The van der Waals surface area contributed by atoms with Gasteiger partial charge in [-0.15, -0.1) is 0 Å². The van der Waals surface area contributed by atoms with Gasteiger partial charge in [0.05, 0.1) is 22.7 Å². The molecule has 0 aliphatic rings. The molecular weight excluding hydrogens is 446 g/mol. The number of carbonyl (C=O) groups excluding carboxylic acids is 1. The van der Waals surface area contributed by atoms with Crippen molar-refractivity contribution < 1.29 is 17.8 Å². The Kier molecular flexibility index (Phi) is 5.98. The molecule has 0 aliphatic heterocycles. The molecule has 0 fully saturated rings. The van der Waals surface area contributed by atoms with Crippen LogP contribution in [0.15, 0.2) is 83.3 Å². The van der Waals surface area contributed by atoms with Crippen LogP contribution >= 0.6 is 15.9 Å². The molecule has 3 N–H and O–H groups in total. The topological polar surface area (TPSA) is 98.7 Å². The lowest BCUT2D eigenvalue weighted by Gasteiger charge is -2.23. The van der Waals surface area contributed by atoms with E-state index in [0.717, 1.165) is 4.31 Å². The fourth-order valence-corrected chi connectivity index (χ4v) is 3.73. The molecule has 28 heavy (non-hydrogen) atoms. The molecule has 9 heteroatoms. The first-order chi connectivity index (χ1) is 13.4. The van der Waals surface area contributed by atoms with E-state index in [2.05, 4.69) is 26.6 Å². The largest absolute Gasteiger partial charge is 0.364 e. The first kappa shape index (κ1) is 19.9. The summed E-state index contributed by atoms with van der Waals surface area (Å²) in [6.45, 7) is 0. The molecule has 144 valence electrons. The van der Waals surface area contributed by atoms with Crippen molar-refractivity contribution in [2.24, 2.45) is 0 Å². The minimum absolute atomic E-state index is 0.0958. The van der Waals surface area contributed by atoms with Crippen LogP contribution in [0.1, 0.15) is 0 Å². The predicted molar refractivity (Wildman–Crippen MR) is 113 cm³/mol. The summed E-state index contributed by atoms with van der Waals surface area (Å²) in [5.74, 6) is 0. The average molecular weight is 462 g/mol. The number of nitrogens with zero attached hydrogens (tertiary/aromatic N) is 1. The second-order valence-corrected chi connectivity index (χ2v) is 7.77. The summed E-state index contributed by atoms with van der Waals surface area (Å²) in [5, 5.41) is 5.30. The third-order valence-electron chi connectivity index (χ3n) is 3.71. The Labute approximate surface area is 171 Å². The number of amides is 2. The van der Waals surface area contributed by atoms with Gasteiger partial charge in [-0.3, -0.25) is 4.55 Å². The highest BCUT2D eigenvalue weighted by atomic mass is 79.9. The smallest absolute Gasteiger partial charge is 0.307 e. The van der Waals surface area contributed by atoms with Crippen LogP contribution in [0.2, 0.25) is 0 Å². The zero-order valence-corrected chi connectivity index (χ0v) is 16.8. The second-order valence-electron chi connectivity index (χ2n) is 5.65. The summed E-state index contributed by atoms with van der Waals surface area (Å²) in [6, 6.07) is 20.8. The van der Waals surface area contributed by atoms with Crippen molar-refractivity contribution in [1.29, 1.82) is 0 Å². The van der Waals surface area contributed by atoms with E-state index in [-0.39, 0.29) is 17.1 Å². The molecule has 2 amide bonds. The van der Waals surface area contributed by atoms with Crippen LogP contribution in [-0.2, 0) is 10.3 Å². The maximum absolute atomic E-state index is 12.4. The van der Waals surface area contributed by atoms with Gasteiger partial charge in [0.2, 0.25) is 0 Å². The summed E-state index contributed by atoms with van der Waals surface area (Å²) >= 11 is 3.34. The molecule has 0 radical (unpaired) electrons. The number of hydrogen-bond donors (Lipinski definition) is 3. The van der Waals surface area contributed by atoms with Crippen molar-refractivity contribution in [2.45, 2.75) is 0 Å². The Morgan fingerprint density at radius 1 is 0.821 bits per heavy atom. The highest BCUT2D eigenvalue weighted by molar-refractivity contribution is 9.10. The molecule has 0 saturated heterocycles. The van der Waals surface area contributed by atoms with Crippen LogP contribution in [0.25, 0.3) is 0 Å². The van der Waals surface area contributed by atoms with Crippen LogP contribution in [0.5, 0.6) is 0 Å². The van der Waals surface area contributed by atoms with Crippen molar-refractivity contribution >= 4 is 55.0 Å². The lowest BCUT2D eigenvalue weighted by molar-refractivity contribution is 0.262. The van der Waals surface area contributed by atoms with Crippen LogP contribution in [0, 0.1) is 0 Å². The van der Waals surface area contributed by atoms with Crippen LogP contribution in [-0.4, -0.2) is 19.0 Å². The van der Waals surface area contributed by atoms with Gasteiger partial charge in [-0.25, -0.2) is 9.10 Å². The van der Waals surface area contributed by atoms with Crippen molar-refractivity contribution in [3.8, 4) is 0 Å². The molecule has 7 nitrogen and oxygen atoms in total. The van der Waals surface area contributed by atoms with Gasteiger partial charge in [-0.2, -0.15) is 8.42 Å². The van der Waals surface area contributed by atoms with Crippen LogP contribution in [0.3, 0.4) is 0 Å². The fourth-order valence-electron chi connectivity index (χ4n) is 2.55. The van der Waals surface area contributed by atoms with Crippen molar-refractivity contribution in [2.75, 3.05) is 14.9 Å². The number of nitrogens with one attached hydrogen (secondary N) is 2. The summed E-state index contributed by atoms with van der Waals surface area (Å²) in [4.78, 5) is 12.4. The molecule has 0 heterocycles. The molecule has 3 aromatic rings. The summed E-state index contributed by atoms with van der Waals surface area (Å²) in [5.41, 5.74) is 1.07. The van der Waals surface area contributed by atoms with Gasteiger partial charge in [0.15, 0.2) is 0 Å². The normalized spacial score (nSPS) is 10.9. The molecular formula is C19H16BrN3O4S. The summed E-state index contributed by atoms with van der Waals surface area (Å²) < 4.78 is 35.3. The lowest BCUT2D eigenvalue weighted by atomic mass is 10.2. The van der Waals surface area contributed by atoms with Gasteiger partial charge < -0.3 is 10.6 Å². The quantitative estimate of drug-likeness (QED) is 0.463. The fraction of sp³-hybridized carbons (Fsp3) is 0. The standard InChI is InChI=1S/C19H16BrN3O4S/c20-15-10-4-5-11-16(15)21-19(24)22-17-12-6-7-13-18(17)23(28(25,26)27)14-8-2-1-3-9-14/h1-13H,(H2,21,22,24)(H,25,26,27). The van der Waals surface area contributed by atoms with Crippen molar-refractivity contribution in [1.82, 2.24) is 0 Å². The van der Waals surface area contributed by atoms with Crippen LogP contribution in [0.4, 0.5) is 27.5 Å².